The number of rotatable bonds is 1. The van der Waals surface area contributed by atoms with Crippen LogP contribution in [0.5, 0.6) is 0 Å². The molecule has 0 radical (unpaired) electrons. The van der Waals surface area contributed by atoms with Crippen LogP contribution < -0.4 is 10.6 Å². The van der Waals surface area contributed by atoms with Gasteiger partial charge in [-0.3, -0.25) is 0 Å². The smallest absolute Gasteiger partial charge is 0.224 e. The van der Waals surface area contributed by atoms with E-state index in [9.17, 15) is 0 Å². The molecule has 0 saturated heterocycles. The maximum atomic E-state index is 6.06. The molecule has 3 rings (SSSR count). The van der Waals surface area contributed by atoms with Crippen LogP contribution in [0.1, 0.15) is 11.3 Å². The number of nitrogen functional groups attached to an aromatic ring is 1. The largest absolute Gasteiger partial charge is 0.394 e. The molecule has 1 aliphatic heterocycles. The van der Waals surface area contributed by atoms with Gasteiger partial charge in [-0.2, -0.15) is 4.98 Å². The van der Waals surface area contributed by atoms with E-state index in [1.165, 1.54) is 5.56 Å². The SMILES string of the molecule is Cc1nc(Cl)nc(N2CCc3ccccc32)c1N. The number of benzene rings is 1. The van der Waals surface area contributed by atoms with Crippen molar-refractivity contribution in [3.63, 3.8) is 0 Å². The molecule has 0 unspecified atom stereocenters. The third-order valence-corrected chi connectivity index (χ3v) is 3.40. The molecule has 18 heavy (non-hydrogen) atoms. The van der Waals surface area contributed by atoms with E-state index in [1.54, 1.807) is 0 Å². The van der Waals surface area contributed by atoms with E-state index in [4.69, 9.17) is 17.3 Å². The Morgan fingerprint density at radius 2 is 2.06 bits per heavy atom. The highest BCUT2D eigenvalue weighted by Crippen LogP contribution is 2.36. The third kappa shape index (κ3) is 1.69. The standard InChI is InChI=1S/C13H13ClN4/c1-8-11(15)12(17-13(14)16-8)18-7-6-9-4-2-3-5-10(9)18/h2-5H,6-7,15H2,1H3. The third-order valence-electron chi connectivity index (χ3n) is 3.23. The molecule has 2 N–H and O–H groups in total. The second-order valence-corrected chi connectivity index (χ2v) is 4.68. The van der Waals surface area contributed by atoms with Gasteiger partial charge in [-0.25, -0.2) is 4.98 Å². The Kier molecular flexibility index (Phi) is 2.59. The lowest BCUT2D eigenvalue weighted by atomic mass is 10.2. The number of hydrogen-bond acceptors (Lipinski definition) is 4. The van der Waals surface area contributed by atoms with Gasteiger partial charge in [-0.05, 0) is 36.6 Å². The molecule has 92 valence electrons. The van der Waals surface area contributed by atoms with Gasteiger partial charge in [0.2, 0.25) is 5.28 Å². The molecule has 1 aromatic carbocycles. The Labute approximate surface area is 110 Å². The molecule has 5 heteroatoms. The molecule has 0 amide bonds. The van der Waals surface area contributed by atoms with Crippen molar-refractivity contribution in [2.24, 2.45) is 0 Å². The summed E-state index contributed by atoms with van der Waals surface area (Å²) in [5.41, 5.74) is 9.83. The maximum absolute atomic E-state index is 6.06. The zero-order chi connectivity index (χ0) is 12.7. The Bertz CT molecular complexity index is 612. The van der Waals surface area contributed by atoms with Gasteiger partial charge in [0, 0.05) is 12.2 Å². The number of aryl methyl sites for hydroxylation is 1. The summed E-state index contributed by atoms with van der Waals surface area (Å²) < 4.78 is 0. The maximum Gasteiger partial charge on any atom is 0.224 e. The fourth-order valence-corrected chi connectivity index (χ4v) is 2.50. The van der Waals surface area contributed by atoms with Gasteiger partial charge in [0.15, 0.2) is 5.82 Å². The summed E-state index contributed by atoms with van der Waals surface area (Å²) in [5, 5.41) is 0.237. The van der Waals surface area contributed by atoms with Crippen LogP contribution in [0.25, 0.3) is 0 Å². The van der Waals surface area contributed by atoms with E-state index in [1.807, 2.05) is 19.1 Å². The average molecular weight is 261 g/mol. The summed E-state index contributed by atoms with van der Waals surface area (Å²) in [4.78, 5) is 10.4. The summed E-state index contributed by atoms with van der Waals surface area (Å²) in [6, 6.07) is 8.27. The van der Waals surface area contributed by atoms with Crippen LogP contribution in [0.15, 0.2) is 24.3 Å². The van der Waals surface area contributed by atoms with Crippen molar-refractivity contribution in [1.82, 2.24) is 9.97 Å². The highest BCUT2D eigenvalue weighted by atomic mass is 35.5. The van der Waals surface area contributed by atoms with Crippen molar-refractivity contribution in [2.75, 3.05) is 17.2 Å². The number of hydrogen-bond donors (Lipinski definition) is 1. The second-order valence-electron chi connectivity index (χ2n) is 4.35. The van der Waals surface area contributed by atoms with Gasteiger partial charge in [0.25, 0.3) is 0 Å². The van der Waals surface area contributed by atoms with Crippen LogP contribution in [-0.2, 0) is 6.42 Å². The van der Waals surface area contributed by atoms with Gasteiger partial charge in [0.05, 0.1) is 11.4 Å². The number of anilines is 3. The topological polar surface area (TPSA) is 55.0 Å². The van der Waals surface area contributed by atoms with Crippen LogP contribution in [0.3, 0.4) is 0 Å². The zero-order valence-corrected chi connectivity index (χ0v) is 10.8. The number of nitrogens with two attached hydrogens (primary N) is 1. The van der Waals surface area contributed by atoms with Gasteiger partial charge in [-0.1, -0.05) is 18.2 Å². The summed E-state index contributed by atoms with van der Waals surface area (Å²) in [7, 11) is 0. The van der Waals surface area contributed by atoms with Crippen LogP contribution in [-0.4, -0.2) is 16.5 Å². The predicted octanol–water partition coefficient (Wildman–Crippen LogP) is 2.71. The quantitative estimate of drug-likeness (QED) is 0.801. The minimum Gasteiger partial charge on any atom is -0.394 e. The summed E-state index contributed by atoms with van der Waals surface area (Å²) in [5.74, 6) is 0.706. The first kappa shape index (κ1) is 11.3. The Hall–Kier alpha value is -1.81. The molecular weight excluding hydrogens is 248 g/mol. The molecular formula is C13H13ClN4. The molecule has 0 bridgehead atoms. The van der Waals surface area contributed by atoms with Gasteiger partial charge in [-0.15, -0.1) is 0 Å². The lowest BCUT2D eigenvalue weighted by Gasteiger charge is -2.20. The monoisotopic (exact) mass is 260 g/mol. The van der Waals surface area contributed by atoms with Crippen LogP contribution in [0, 0.1) is 6.92 Å². The molecule has 1 aliphatic rings. The number of halogens is 1. The van der Waals surface area contributed by atoms with Crippen molar-refractivity contribution in [3.8, 4) is 0 Å². The molecule has 2 heterocycles. The van der Waals surface area contributed by atoms with Crippen molar-refractivity contribution in [1.29, 1.82) is 0 Å². The first-order valence-corrected chi connectivity index (χ1v) is 6.19. The van der Waals surface area contributed by atoms with E-state index in [0.717, 1.165) is 24.3 Å². The van der Waals surface area contributed by atoms with E-state index in [-0.39, 0.29) is 5.28 Å². The van der Waals surface area contributed by atoms with Crippen molar-refractivity contribution in [3.05, 3.63) is 40.8 Å². The summed E-state index contributed by atoms with van der Waals surface area (Å²) >= 11 is 5.92. The number of para-hydroxylation sites is 1. The zero-order valence-electron chi connectivity index (χ0n) is 10.0. The van der Waals surface area contributed by atoms with Gasteiger partial charge in [0.1, 0.15) is 0 Å². The van der Waals surface area contributed by atoms with Crippen LogP contribution in [0.2, 0.25) is 5.28 Å². The molecule has 1 aromatic heterocycles. The summed E-state index contributed by atoms with van der Waals surface area (Å²) in [6.45, 7) is 2.71. The fourth-order valence-electron chi connectivity index (χ4n) is 2.30. The van der Waals surface area contributed by atoms with E-state index < -0.39 is 0 Å². The highest BCUT2D eigenvalue weighted by Gasteiger charge is 2.23. The minimum atomic E-state index is 0.237. The lowest BCUT2D eigenvalue weighted by Crippen LogP contribution is -2.18. The van der Waals surface area contributed by atoms with E-state index >= 15 is 0 Å². The molecule has 0 fully saturated rings. The minimum absolute atomic E-state index is 0.237. The molecule has 2 aromatic rings. The molecule has 0 spiro atoms. The van der Waals surface area contributed by atoms with Gasteiger partial charge >= 0.3 is 0 Å². The van der Waals surface area contributed by atoms with E-state index in [2.05, 4.69) is 27.0 Å². The van der Waals surface area contributed by atoms with Crippen molar-refractivity contribution < 1.29 is 0 Å². The first-order valence-electron chi connectivity index (χ1n) is 5.82. The average Bonchev–Trinajstić information content (AvgIpc) is 2.77. The molecule has 0 atom stereocenters. The fraction of sp³-hybridized carbons (Fsp3) is 0.231. The Morgan fingerprint density at radius 3 is 2.89 bits per heavy atom. The normalized spacial score (nSPS) is 13.8. The number of aromatic nitrogens is 2. The van der Waals surface area contributed by atoms with Crippen molar-refractivity contribution in [2.45, 2.75) is 13.3 Å². The van der Waals surface area contributed by atoms with Crippen molar-refractivity contribution >= 4 is 28.8 Å². The van der Waals surface area contributed by atoms with Crippen LogP contribution >= 0.6 is 11.6 Å². The number of fused-ring (bicyclic) bond motifs is 1. The first-order chi connectivity index (χ1) is 8.66. The highest BCUT2D eigenvalue weighted by molar-refractivity contribution is 6.28. The van der Waals surface area contributed by atoms with Gasteiger partial charge < -0.3 is 10.6 Å². The molecule has 0 aliphatic carbocycles. The number of nitrogens with zero attached hydrogens (tertiary/aromatic N) is 3. The summed E-state index contributed by atoms with van der Waals surface area (Å²) in [6.07, 6.45) is 0.996. The van der Waals surface area contributed by atoms with Crippen LogP contribution in [0.4, 0.5) is 17.2 Å². The molecule has 0 saturated carbocycles. The van der Waals surface area contributed by atoms with E-state index in [0.29, 0.717) is 11.5 Å². The molecule has 4 nitrogen and oxygen atoms in total. The Morgan fingerprint density at radius 1 is 1.28 bits per heavy atom. The second kappa shape index (κ2) is 4.14. The predicted molar refractivity (Wildman–Crippen MR) is 73.3 cm³/mol. The Balaban J connectivity index is 2.13. The lowest BCUT2D eigenvalue weighted by molar-refractivity contribution is 0.960.